The van der Waals surface area contributed by atoms with E-state index in [4.69, 9.17) is 9.47 Å². The molecule has 2 N–H and O–H groups in total. The van der Waals surface area contributed by atoms with Crippen molar-refractivity contribution >= 4 is 11.9 Å². The van der Waals surface area contributed by atoms with Gasteiger partial charge in [-0.15, -0.1) is 0 Å². The number of amides is 1. The SMILES string of the molecule is CCNC(=NCC(=O)NCc1ccccc1)N1CCC(OCCCOC)CC1. The standard InChI is InChI=1S/C21H34N4O3/c1-3-22-21(24-17-20(26)23-16-18-8-5-4-6-9-18)25-12-10-19(11-13-25)28-15-7-14-27-2/h4-6,8-9,19H,3,7,10-17H2,1-2H3,(H,22,24)(H,23,26). The van der Waals surface area contributed by atoms with E-state index in [-0.39, 0.29) is 12.5 Å². The van der Waals surface area contributed by atoms with Gasteiger partial charge in [-0.3, -0.25) is 4.79 Å². The normalized spacial score (nSPS) is 15.5. The van der Waals surface area contributed by atoms with Crippen molar-refractivity contribution in [3.8, 4) is 0 Å². The van der Waals surface area contributed by atoms with Crippen molar-refractivity contribution in [2.24, 2.45) is 4.99 Å². The number of aliphatic imine (C=N–C) groups is 1. The Morgan fingerprint density at radius 2 is 1.93 bits per heavy atom. The van der Waals surface area contributed by atoms with E-state index in [1.807, 2.05) is 37.3 Å². The molecule has 0 aromatic heterocycles. The van der Waals surface area contributed by atoms with Gasteiger partial charge in [0.15, 0.2) is 5.96 Å². The van der Waals surface area contributed by atoms with Gasteiger partial charge in [0.05, 0.1) is 6.10 Å². The van der Waals surface area contributed by atoms with E-state index in [2.05, 4.69) is 20.5 Å². The van der Waals surface area contributed by atoms with Crippen LogP contribution in [0.15, 0.2) is 35.3 Å². The Morgan fingerprint density at radius 1 is 1.18 bits per heavy atom. The van der Waals surface area contributed by atoms with Crippen molar-refractivity contribution in [2.75, 3.05) is 46.5 Å². The highest BCUT2D eigenvalue weighted by molar-refractivity contribution is 5.85. The molecule has 0 bridgehead atoms. The third-order valence-electron chi connectivity index (χ3n) is 4.63. The number of likely N-dealkylation sites (tertiary alicyclic amines) is 1. The predicted molar refractivity (Wildman–Crippen MR) is 111 cm³/mol. The summed E-state index contributed by atoms with van der Waals surface area (Å²) in [5.74, 6) is 0.728. The Kier molecular flexibility index (Phi) is 10.4. The van der Waals surface area contributed by atoms with Gasteiger partial charge < -0.3 is 25.0 Å². The molecule has 1 aliphatic heterocycles. The summed E-state index contributed by atoms with van der Waals surface area (Å²) in [4.78, 5) is 18.9. The number of benzene rings is 1. The molecule has 1 aromatic carbocycles. The van der Waals surface area contributed by atoms with Crippen LogP contribution in [0.5, 0.6) is 0 Å². The van der Waals surface area contributed by atoms with Gasteiger partial charge in [0.1, 0.15) is 6.54 Å². The van der Waals surface area contributed by atoms with Crippen LogP contribution in [0.1, 0.15) is 31.7 Å². The van der Waals surface area contributed by atoms with Crippen LogP contribution in [0.4, 0.5) is 0 Å². The lowest BCUT2D eigenvalue weighted by molar-refractivity contribution is -0.119. The molecule has 1 fully saturated rings. The van der Waals surface area contributed by atoms with Gasteiger partial charge in [0, 0.05) is 46.5 Å². The number of piperidine rings is 1. The van der Waals surface area contributed by atoms with Crippen LogP contribution in [0, 0.1) is 0 Å². The van der Waals surface area contributed by atoms with Crippen LogP contribution in [-0.4, -0.2) is 69.4 Å². The number of ether oxygens (including phenoxy) is 2. The van der Waals surface area contributed by atoms with Gasteiger partial charge in [-0.25, -0.2) is 4.99 Å². The lowest BCUT2D eigenvalue weighted by Gasteiger charge is -2.34. The first-order valence-corrected chi connectivity index (χ1v) is 10.2. The molecule has 2 rings (SSSR count). The summed E-state index contributed by atoms with van der Waals surface area (Å²) in [6.07, 6.45) is 3.17. The zero-order chi connectivity index (χ0) is 20.0. The van der Waals surface area contributed by atoms with Crippen molar-refractivity contribution in [1.29, 1.82) is 0 Å². The van der Waals surface area contributed by atoms with Gasteiger partial charge in [0.2, 0.25) is 5.91 Å². The number of rotatable bonds is 10. The van der Waals surface area contributed by atoms with Gasteiger partial charge >= 0.3 is 0 Å². The van der Waals surface area contributed by atoms with E-state index in [9.17, 15) is 4.79 Å². The minimum absolute atomic E-state index is 0.0735. The molecule has 1 amide bonds. The molecule has 7 nitrogen and oxygen atoms in total. The summed E-state index contributed by atoms with van der Waals surface area (Å²) in [5, 5.41) is 6.21. The molecular weight excluding hydrogens is 356 g/mol. The summed E-state index contributed by atoms with van der Waals surface area (Å²) in [5.41, 5.74) is 1.08. The Bertz CT molecular complexity index is 587. The first-order chi connectivity index (χ1) is 13.7. The maximum absolute atomic E-state index is 12.1. The maximum atomic E-state index is 12.1. The highest BCUT2D eigenvalue weighted by Crippen LogP contribution is 2.14. The van der Waals surface area contributed by atoms with Crippen molar-refractivity contribution in [3.05, 3.63) is 35.9 Å². The maximum Gasteiger partial charge on any atom is 0.242 e. The number of carbonyl (C=O) groups excluding carboxylic acids is 1. The summed E-state index contributed by atoms with van der Waals surface area (Å²) < 4.78 is 11.0. The highest BCUT2D eigenvalue weighted by atomic mass is 16.5. The molecule has 0 unspecified atom stereocenters. The van der Waals surface area contributed by atoms with Crippen LogP contribution in [0.2, 0.25) is 0 Å². The molecule has 7 heteroatoms. The number of hydrogen-bond donors (Lipinski definition) is 2. The molecule has 0 aliphatic carbocycles. The number of nitrogens with one attached hydrogen (secondary N) is 2. The van der Waals surface area contributed by atoms with Gasteiger partial charge in [-0.1, -0.05) is 30.3 Å². The zero-order valence-corrected chi connectivity index (χ0v) is 17.2. The van der Waals surface area contributed by atoms with Crippen LogP contribution >= 0.6 is 0 Å². The average Bonchev–Trinajstić information content (AvgIpc) is 2.74. The Morgan fingerprint density at radius 3 is 2.61 bits per heavy atom. The van der Waals surface area contributed by atoms with Crippen LogP contribution < -0.4 is 10.6 Å². The number of carbonyl (C=O) groups is 1. The first kappa shape index (κ1) is 22.2. The van der Waals surface area contributed by atoms with Gasteiger partial charge in [-0.2, -0.15) is 0 Å². The summed E-state index contributed by atoms with van der Waals surface area (Å²) in [6.45, 7) is 6.71. The minimum atomic E-state index is -0.0735. The third kappa shape index (κ3) is 8.27. The van der Waals surface area contributed by atoms with E-state index in [1.54, 1.807) is 7.11 Å². The van der Waals surface area contributed by atoms with Gasteiger partial charge in [-0.05, 0) is 31.7 Å². The smallest absolute Gasteiger partial charge is 0.242 e. The minimum Gasteiger partial charge on any atom is -0.385 e. The molecule has 0 saturated carbocycles. The molecule has 1 aliphatic rings. The largest absolute Gasteiger partial charge is 0.385 e. The number of nitrogens with zero attached hydrogens (tertiary/aromatic N) is 2. The topological polar surface area (TPSA) is 75.2 Å². The number of guanidine groups is 1. The van der Waals surface area contributed by atoms with Crippen molar-refractivity contribution in [3.63, 3.8) is 0 Å². The first-order valence-electron chi connectivity index (χ1n) is 10.2. The van der Waals surface area contributed by atoms with Crippen LogP contribution in [-0.2, 0) is 20.8 Å². The van der Waals surface area contributed by atoms with Crippen molar-refractivity contribution in [2.45, 2.75) is 38.8 Å². The van der Waals surface area contributed by atoms with E-state index in [0.29, 0.717) is 12.6 Å². The van der Waals surface area contributed by atoms with Crippen molar-refractivity contribution < 1.29 is 14.3 Å². The molecule has 156 valence electrons. The summed E-state index contributed by atoms with van der Waals surface area (Å²) >= 11 is 0. The molecular formula is C21H34N4O3. The number of hydrogen-bond acceptors (Lipinski definition) is 4. The molecule has 0 atom stereocenters. The predicted octanol–water partition coefficient (Wildman–Crippen LogP) is 1.79. The molecule has 28 heavy (non-hydrogen) atoms. The monoisotopic (exact) mass is 390 g/mol. The fraction of sp³-hybridized carbons (Fsp3) is 0.619. The fourth-order valence-corrected chi connectivity index (χ4v) is 3.11. The Balaban J connectivity index is 1.74. The fourth-order valence-electron chi connectivity index (χ4n) is 3.11. The van der Waals surface area contributed by atoms with E-state index in [1.165, 1.54) is 0 Å². The van der Waals surface area contributed by atoms with E-state index >= 15 is 0 Å². The van der Waals surface area contributed by atoms with Gasteiger partial charge in [0.25, 0.3) is 0 Å². The molecule has 0 radical (unpaired) electrons. The molecule has 1 saturated heterocycles. The lowest BCUT2D eigenvalue weighted by Crippen LogP contribution is -2.47. The lowest BCUT2D eigenvalue weighted by atomic mass is 10.1. The second kappa shape index (κ2) is 13.1. The summed E-state index contributed by atoms with van der Waals surface area (Å²) in [6, 6.07) is 9.89. The van der Waals surface area contributed by atoms with Crippen LogP contribution in [0.3, 0.4) is 0 Å². The number of methoxy groups -OCH3 is 1. The molecule has 0 spiro atoms. The van der Waals surface area contributed by atoms with Crippen molar-refractivity contribution in [1.82, 2.24) is 15.5 Å². The van der Waals surface area contributed by atoms with E-state index < -0.39 is 0 Å². The second-order valence-corrected chi connectivity index (χ2v) is 6.84. The Labute approximate surface area is 168 Å². The quantitative estimate of drug-likeness (QED) is 0.362. The third-order valence-corrected chi connectivity index (χ3v) is 4.63. The average molecular weight is 391 g/mol. The van der Waals surface area contributed by atoms with Crippen LogP contribution in [0.25, 0.3) is 0 Å². The van der Waals surface area contributed by atoms with E-state index in [0.717, 1.165) is 63.6 Å². The zero-order valence-electron chi connectivity index (χ0n) is 17.2. The Hall–Kier alpha value is -2.12. The highest BCUT2D eigenvalue weighted by Gasteiger charge is 2.22. The summed E-state index contributed by atoms with van der Waals surface area (Å²) in [7, 11) is 1.71. The second-order valence-electron chi connectivity index (χ2n) is 6.84. The molecule has 1 aromatic rings. The molecule has 1 heterocycles.